The molecule has 0 radical (unpaired) electrons. The van der Waals surface area contributed by atoms with E-state index in [1.807, 2.05) is 6.08 Å². The molecule has 1 rings (SSSR count). The Morgan fingerprint density at radius 3 is 2.88 bits per heavy atom. The van der Waals surface area contributed by atoms with Crippen LogP contribution >= 0.6 is 11.8 Å². The Balaban J connectivity index is 2.65. The predicted molar refractivity (Wildman–Crippen MR) is 65.1 cm³/mol. The maximum Gasteiger partial charge on any atom is 0.186 e. The second kappa shape index (κ2) is 6.33. The topological polar surface area (TPSA) is 26.3 Å². The molecule has 1 aromatic carbocycles. The second-order valence-electron chi connectivity index (χ2n) is 3.13. The summed E-state index contributed by atoms with van der Waals surface area (Å²) in [6.07, 6.45) is 3.59. The fraction of sp³-hybridized carbons (Fsp3) is 0.250. The summed E-state index contributed by atoms with van der Waals surface area (Å²) in [4.78, 5) is 10.7. The Hall–Kier alpha value is -1.29. The Morgan fingerprint density at radius 2 is 2.25 bits per heavy atom. The summed E-state index contributed by atoms with van der Waals surface area (Å²) in [6.45, 7) is 1.52. The van der Waals surface area contributed by atoms with Gasteiger partial charge in [-0.1, -0.05) is 23.9 Å². The van der Waals surface area contributed by atoms with E-state index in [0.717, 1.165) is 5.56 Å². The van der Waals surface area contributed by atoms with Crippen molar-refractivity contribution in [3.05, 3.63) is 35.7 Å². The molecule has 0 atom stereocenters. The first-order chi connectivity index (χ1) is 7.61. The van der Waals surface area contributed by atoms with E-state index in [1.54, 1.807) is 12.1 Å². The Bertz CT molecular complexity index is 402. The Morgan fingerprint density at radius 1 is 1.50 bits per heavy atom. The lowest BCUT2D eigenvalue weighted by molar-refractivity contribution is -0.109. The van der Waals surface area contributed by atoms with Gasteiger partial charge in [0.15, 0.2) is 5.12 Å². The van der Waals surface area contributed by atoms with Crippen LogP contribution in [0.25, 0.3) is 6.08 Å². The molecule has 0 heterocycles. The van der Waals surface area contributed by atoms with Gasteiger partial charge in [0.1, 0.15) is 11.6 Å². The Labute approximate surface area is 98.5 Å². The highest BCUT2D eigenvalue weighted by molar-refractivity contribution is 8.13. The van der Waals surface area contributed by atoms with Crippen molar-refractivity contribution in [2.24, 2.45) is 0 Å². The van der Waals surface area contributed by atoms with Crippen LogP contribution in [0, 0.1) is 5.82 Å². The standard InChI is InChI=1S/C12H13FO2S/c1-9(14)16-5-3-4-10-6-11(13)8-12(7-10)15-2/h3-4,6-8H,5H2,1-2H3. The van der Waals surface area contributed by atoms with E-state index < -0.39 is 0 Å². The maximum absolute atomic E-state index is 13.1. The molecular formula is C12H13FO2S. The number of thioether (sulfide) groups is 1. The molecule has 0 aromatic heterocycles. The first kappa shape index (κ1) is 12.8. The number of rotatable bonds is 4. The van der Waals surface area contributed by atoms with Gasteiger partial charge in [-0.05, 0) is 17.7 Å². The highest BCUT2D eigenvalue weighted by Crippen LogP contribution is 2.17. The van der Waals surface area contributed by atoms with Crippen molar-refractivity contribution in [2.75, 3.05) is 12.9 Å². The molecule has 0 saturated heterocycles. The number of methoxy groups -OCH3 is 1. The van der Waals surface area contributed by atoms with Crippen LogP contribution in [0.4, 0.5) is 4.39 Å². The quantitative estimate of drug-likeness (QED) is 0.808. The Kier molecular flexibility index (Phi) is 5.05. The van der Waals surface area contributed by atoms with Crippen LogP contribution < -0.4 is 4.74 Å². The number of hydrogen-bond acceptors (Lipinski definition) is 3. The molecule has 0 spiro atoms. The number of carbonyl (C=O) groups is 1. The molecule has 0 unspecified atom stereocenters. The van der Waals surface area contributed by atoms with Crippen LogP contribution in [0.15, 0.2) is 24.3 Å². The first-order valence-corrected chi connectivity index (χ1v) is 5.75. The van der Waals surface area contributed by atoms with E-state index >= 15 is 0 Å². The van der Waals surface area contributed by atoms with Gasteiger partial charge in [-0.15, -0.1) is 0 Å². The van der Waals surface area contributed by atoms with Crippen LogP contribution in [0.3, 0.4) is 0 Å². The fourth-order valence-electron chi connectivity index (χ4n) is 1.15. The number of halogens is 1. The average Bonchev–Trinajstić information content (AvgIpc) is 2.23. The smallest absolute Gasteiger partial charge is 0.186 e. The number of benzene rings is 1. The zero-order chi connectivity index (χ0) is 12.0. The van der Waals surface area contributed by atoms with E-state index in [1.165, 1.54) is 37.9 Å². The summed E-state index contributed by atoms with van der Waals surface area (Å²) in [6, 6.07) is 4.47. The normalized spacial score (nSPS) is 10.7. The highest BCUT2D eigenvalue weighted by Gasteiger charge is 1.98. The summed E-state index contributed by atoms with van der Waals surface area (Å²) in [5, 5.41) is 0.0708. The molecule has 0 aliphatic rings. The zero-order valence-electron chi connectivity index (χ0n) is 9.20. The van der Waals surface area contributed by atoms with Crippen LogP contribution in [0.5, 0.6) is 5.75 Å². The van der Waals surface area contributed by atoms with E-state index in [2.05, 4.69) is 0 Å². The minimum Gasteiger partial charge on any atom is -0.497 e. The molecule has 2 nitrogen and oxygen atoms in total. The molecule has 0 aliphatic carbocycles. The molecule has 0 bridgehead atoms. The molecule has 16 heavy (non-hydrogen) atoms. The molecule has 86 valence electrons. The number of hydrogen-bond donors (Lipinski definition) is 0. The SMILES string of the molecule is COc1cc(F)cc(C=CCSC(C)=O)c1. The third-order valence-electron chi connectivity index (χ3n) is 1.82. The molecule has 1 aromatic rings. The lowest BCUT2D eigenvalue weighted by Crippen LogP contribution is -1.86. The monoisotopic (exact) mass is 240 g/mol. The van der Waals surface area contributed by atoms with E-state index in [9.17, 15) is 9.18 Å². The van der Waals surface area contributed by atoms with Crippen LogP contribution in [0.1, 0.15) is 12.5 Å². The van der Waals surface area contributed by atoms with Gasteiger partial charge < -0.3 is 4.74 Å². The second-order valence-corrected chi connectivity index (χ2v) is 4.33. The van der Waals surface area contributed by atoms with Gasteiger partial charge in [0.05, 0.1) is 7.11 Å². The average molecular weight is 240 g/mol. The van der Waals surface area contributed by atoms with Crippen molar-refractivity contribution in [1.82, 2.24) is 0 Å². The van der Waals surface area contributed by atoms with Gasteiger partial charge in [0.2, 0.25) is 0 Å². The molecular weight excluding hydrogens is 227 g/mol. The number of carbonyl (C=O) groups excluding carboxylic acids is 1. The fourth-order valence-corrected chi connectivity index (χ4v) is 1.58. The minimum absolute atomic E-state index is 0.0708. The van der Waals surface area contributed by atoms with E-state index in [-0.39, 0.29) is 10.9 Å². The van der Waals surface area contributed by atoms with Crippen LogP contribution in [-0.4, -0.2) is 18.0 Å². The molecule has 0 saturated carbocycles. The molecule has 0 fully saturated rings. The van der Waals surface area contributed by atoms with Gasteiger partial charge in [0, 0.05) is 18.7 Å². The minimum atomic E-state index is -0.335. The largest absolute Gasteiger partial charge is 0.497 e. The van der Waals surface area contributed by atoms with E-state index in [4.69, 9.17) is 4.74 Å². The zero-order valence-corrected chi connectivity index (χ0v) is 10.0. The third kappa shape index (κ3) is 4.49. The van der Waals surface area contributed by atoms with E-state index in [0.29, 0.717) is 11.5 Å². The van der Waals surface area contributed by atoms with Gasteiger partial charge in [-0.3, -0.25) is 4.79 Å². The van der Waals surface area contributed by atoms with Crippen molar-refractivity contribution in [2.45, 2.75) is 6.92 Å². The lowest BCUT2D eigenvalue weighted by Gasteiger charge is -2.01. The summed E-state index contributed by atoms with van der Waals surface area (Å²) in [5.41, 5.74) is 0.723. The summed E-state index contributed by atoms with van der Waals surface area (Å²) < 4.78 is 18.0. The van der Waals surface area contributed by atoms with Crippen LogP contribution in [0.2, 0.25) is 0 Å². The van der Waals surface area contributed by atoms with Gasteiger partial charge in [0.25, 0.3) is 0 Å². The third-order valence-corrected chi connectivity index (χ3v) is 2.59. The van der Waals surface area contributed by atoms with Gasteiger partial charge in [-0.2, -0.15) is 0 Å². The van der Waals surface area contributed by atoms with Crippen molar-refractivity contribution >= 4 is 23.0 Å². The highest BCUT2D eigenvalue weighted by atomic mass is 32.2. The summed E-state index contributed by atoms with van der Waals surface area (Å²) in [7, 11) is 1.49. The first-order valence-electron chi connectivity index (χ1n) is 4.76. The summed E-state index contributed by atoms with van der Waals surface area (Å²) >= 11 is 1.21. The summed E-state index contributed by atoms with van der Waals surface area (Å²) in [5.74, 6) is 0.742. The van der Waals surface area contributed by atoms with Crippen molar-refractivity contribution in [1.29, 1.82) is 0 Å². The predicted octanol–water partition coefficient (Wildman–Crippen LogP) is 3.13. The van der Waals surface area contributed by atoms with Crippen LogP contribution in [-0.2, 0) is 4.79 Å². The molecule has 0 aliphatic heterocycles. The van der Waals surface area contributed by atoms with Gasteiger partial charge in [-0.25, -0.2) is 4.39 Å². The molecule has 4 heteroatoms. The van der Waals surface area contributed by atoms with Gasteiger partial charge >= 0.3 is 0 Å². The lowest BCUT2D eigenvalue weighted by atomic mass is 10.2. The van der Waals surface area contributed by atoms with Crippen molar-refractivity contribution in [3.63, 3.8) is 0 Å². The van der Waals surface area contributed by atoms with Crippen molar-refractivity contribution in [3.8, 4) is 5.75 Å². The number of ether oxygens (including phenoxy) is 1. The van der Waals surface area contributed by atoms with Crippen molar-refractivity contribution < 1.29 is 13.9 Å². The maximum atomic E-state index is 13.1. The molecule has 0 amide bonds. The molecule has 0 N–H and O–H groups in total.